The largest absolute Gasteiger partial charge is 0.212 e. The van der Waals surface area contributed by atoms with Gasteiger partial charge < -0.3 is 0 Å². The highest BCUT2D eigenvalue weighted by molar-refractivity contribution is 5.17. The molecule has 0 saturated carbocycles. The van der Waals surface area contributed by atoms with Gasteiger partial charge in [0.25, 0.3) is 0 Å². The normalized spacial score (nSPS) is 14.2. The summed E-state index contributed by atoms with van der Waals surface area (Å²) in [7, 11) is 0. The van der Waals surface area contributed by atoms with Gasteiger partial charge in [-0.15, -0.1) is 0 Å². The van der Waals surface area contributed by atoms with Gasteiger partial charge in [0.15, 0.2) is 0 Å². The first-order valence-corrected chi connectivity index (χ1v) is 3.17. The molecule has 0 fully saturated rings. The molecule has 0 aromatic carbocycles. The average molecular weight is 128 g/mol. The second-order valence-electron chi connectivity index (χ2n) is 2.09. The van der Waals surface area contributed by atoms with Crippen LogP contribution >= 0.6 is 0 Å². The molecule has 0 spiro atoms. The van der Waals surface area contributed by atoms with Crippen LogP contribution in [0.2, 0.25) is 0 Å². The maximum atomic E-state index is 12.1. The van der Waals surface area contributed by atoms with Crippen LogP contribution in [0.4, 0.5) is 4.39 Å². The summed E-state index contributed by atoms with van der Waals surface area (Å²) >= 11 is 0. The van der Waals surface area contributed by atoms with Crippen molar-refractivity contribution in [2.24, 2.45) is 0 Å². The average Bonchev–Trinajstić information content (AvgIpc) is 1.63. The number of rotatable bonds is 2. The molecule has 9 heavy (non-hydrogen) atoms. The fourth-order valence-electron chi connectivity index (χ4n) is 0.695. The van der Waals surface area contributed by atoms with Gasteiger partial charge in [-0.3, -0.25) is 0 Å². The van der Waals surface area contributed by atoms with Gasteiger partial charge in [0.05, 0.1) is 5.83 Å². The summed E-state index contributed by atoms with van der Waals surface area (Å²) in [5.41, 5.74) is 0.998. The summed E-state index contributed by atoms with van der Waals surface area (Å²) in [4.78, 5) is 0. The smallest absolute Gasteiger partial charge is 0.0971 e. The highest BCUT2D eigenvalue weighted by Crippen LogP contribution is 2.02. The molecule has 52 valence electrons. The van der Waals surface area contributed by atoms with Crippen LogP contribution in [0, 0.1) is 0 Å². The lowest BCUT2D eigenvalue weighted by atomic mass is 10.2. The lowest BCUT2D eigenvalue weighted by molar-refractivity contribution is 0.639. The lowest BCUT2D eigenvalue weighted by Crippen LogP contribution is -1.68. The third kappa shape index (κ3) is 5.28. The Bertz CT molecular complexity index is 128. The SMILES string of the molecule is CC/C=C(C)\C=C(/C)F. The first-order valence-electron chi connectivity index (χ1n) is 3.17. The number of hydrogen-bond acceptors (Lipinski definition) is 0. The van der Waals surface area contributed by atoms with Gasteiger partial charge in [-0.1, -0.05) is 18.6 Å². The van der Waals surface area contributed by atoms with E-state index in [1.54, 1.807) is 0 Å². The minimum atomic E-state index is -0.128. The molecule has 0 unspecified atom stereocenters. The summed E-state index contributed by atoms with van der Waals surface area (Å²) in [6.07, 6.45) is 4.49. The number of allylic oxidation sites excluding steroid dienone is 4. The third-order valence-electron chi connectivity index (χ3n) is 0.953. The minimum absolute atomic E-state index is 0.128. The first-order chi connectivity index (χ1) is 4.16. The zero-order chi connectivity index (χ0) is 7.28. The highest BCUT2D eigenvalue weighted by atomic mass is 19.1. The fraction of sp³-hybridized carbons (Fsp3) is 0.500. The number of hydrogen-bond donors (Lipinski definition) is 0. The van der Waals surface area contributed by atoms with Gasteiger partial charge in [0.2, 0.25) is 0 Å². The number of halogens is 1. The molecule has 0 saturated heterocycles. The van der Waals surface area contributed by atoms with Crippen LogP contribution in [0.15, 0.2) is 23.6 Å². The lowest BCUT2D eigenvalue weighted by Gasteiger charge is -1.88. The van der Waals surface area contributed by atoms with E-state index in [-0.39, 0.29) is 5.83 Å². The second-order valence-corrected chi connectivity index (χ2v) is 2.09. The van der Waals surface area contributed by atoms with Crippen LogP contribution in [0.25, 0.3) is 0 Å². The van der Waals surface area contributed by atoms with Crippen molar-refractivity contribution in [3.63, 3.8) is 0 Å². The summed E-state index contributed by atoms with van der Waals surface area (Å²) in [6.45, 7) is 5.38. The van der Waals surface area contributed by atoms with Crippen LogP contribution < -0.4 is 0 Å². The molecule has 0 aromatic heterocycles. The van der Waals surface area contributed by atoms with Crippen molar-refractivity contribution < 1.29 is 4.39 Å². The van der Waals surface area contributed by atoms with Crippen molar-refractivity contribution in [2.75, 3.05) is 0 Å². The van der Waals surface area contributed by atoms with Crippen molar-refractivity contribution in [1.29, 1.82) is 0 Å². The highest BCUT2D eigenvalue weighted by Gasteiger charge is 1.82. The van der Waals surface area contributed by atoms with Crippen LogP contribution in [0.3, 0.4) is 0 Å². The molecule has 0 rings (SSSR count). The monoisotopic (exact) mass is 128 g/mol. The van der Waals surface area contributed by atoms with E-state index < -0.39 is 0 Å². The Labute approximate surface area is 56.1 Å². The molecule has 0 amide bonds. The Balaban J connectivity index is 3.90. The van der Waals surface area contributed by atoms with E-state index in [9.17, 15) is 4.39 Å². The summed E-state index contributed by atoms with van der Waals surface area (Å²) in [5, 5.41) is 0. The van der Waals surface area contributed by atoms with E-state index in [0.717, 1.165) is 12.0 Å². The van der Waals surface area contributed by atoms with Gasteiger partial charge in [-0.2, -0.15) is 0 Å². The van der Waals surface area contributed by atoms with Gasteiger partial charge in [-0.25, -0.2) is 4.39 Å². The second kappa shape index (κ2) is 4.30. The standard InChI is InChI=1S/C8H13F/c1-4-5-7(2)6-8(3)9/h5-6H,4H2,1-3H3/b7-5-,8-6+. The zero-order valence-corrected chi connectivity index (χ0v) is 6.24. The topological polar surface area (TPSA) is 0 Å². The fourth-order valence-corrected chi connectivity index (χ4v) is 0.695. The molecular weight excluding hydrogens is 115 g/mol. The van der Waals surface area contributed by atoms with E-state index in [1.165, 1.54) is 13.0 Å². The molecule has 0 bridgehead atoms. The van der Waals surface area contributed by atoms with Gasteiger partial charge in [-0.05, 0) is 26.3 Å². The molecule has 0 atom stereocenters. The van der Waals surface area contributed by atoms with Gasteiger partial charge >= 0.3 is 0 Å². The predicted molar refractivity (Wildman–Crippen MR) is 38.9 cm³/mol. The van der Waals surface area contributed by atoms with E-state index >= 15 is 0 Å². The molecule has 1 heteroatoms. The minimum Gasteiger partial charge on any atom is -0.212 e. The maximum Gasteiger partial charge on any atom is 0.0971 e. The van der Waals surface area contributed by atoms with E-state index in [2.05, 4.69) is 0 Å². The molecule has 0 aromatic rings. The van der Waals surface area contributed by atoms with Crippen molar-refractivity contribution in [2.45, 2.75) is 27.2 Å². The molecular formula is C8H13F. The van der Waals surface area contributed by atoms with Gasteiger partial charge in [0, 0.05) is 0 Å². The predicted octanol–water partition coefficient (Wildman–Crippen LogP) is 3.22. The van der Waals surface area contributed by atoms with Crippen molar-refractivity contribution in [1.82, 2.24) is 0 Å². The van der Waals surface area contributed by atoms with Crippen LogP contribution in [-0.4, -0.2) is 0 Å². The van der Waals surface area contributed by atoms with Crippen LogP contribution in [0.1, 0.15) is 27.2 Å². The van der Waals surface area contributed by atoms with E-state index in [4.69, 9.17) is 0 Å². The Hall–Kier alpha value is -0.590. The Morgan fingerprint density at radius 2 is 2.00 bits per heavy atom. The van der Waals surface area contributed by atoms with Crippen LogP contribution in [-0.2, 0) is 0 Å². The Kier molecular flexibility index (Phi) is 4.02. The molecule has 0 N–H and O–H groups in total. The van der Waals surface area contributed by atoms with Crippen molar-refractivity contribution in [3.8, 4) is 0 Å². The summed E-state index contributed by atoms with van der Waals surface area (Å²) in [5.74, 6) is -0.128. The summed E-state index contributed by atoms with van der Waals surface area (Å²) < 4.78 is 12.1. The first kappa shape index (κ1) is 8.41. The Morgan fingerprint density at radius 1 is 1.44 bits per heavy atom. The van der Waals surface area contributed by atoms with E-state index in [1.807, 2.05) is 19.9 Å². The Morgan fingerprint density at radius 3 is 2.33 bits per heavy atom. The molecule has 0 aliphatic rings. The maximum absolute atomic E-state index is 12.1. The molecule has 0 aliphatic heterocycles. The van der Waals surface area contributed by atoms with E-state index in [0.29, 0.717) is 0 Å². The molecule has 0 nitrogen and oxygen atoms in total. The molecule has 0 heterocycles. The van der Waals surface area contributed by atoms with Crippen molar-refractivity contribution in [3.05, 3.63) is 23.6 Å². The van der Waals surface area contributed by atoms with Crippen LogP contribution in [0.5, 0.6) is 0 Å². The zero-order valence-electron chi connectivity index (χ0n) is 6.24. The van der Waals surface area contributed by atoms with Gasteiger partial charge in [0.1, 0.15) is 0 Å². The third-order valence-corrected chi connectivity index (χ3v) is 0.953. The summed E-state index contributed by atoms with van der Waals surface area (Å²) in [6, 6.07) is 0. The molecule has 0 aliphatic carbocycles. The quantitative estimate of drug-likeness (QED) is 0.501. The van der Waals surface area contributed by atoms with Crippen molar-refractivity contribution >= 4 is 0 Å². The molecule has 0 radical (unpaired) electrons.